The topological polar surface area (TPSA) is 55.1 Å². The number of hydrogen-bond acceptors (Lipinski definition) is 3. The van der Waals surface area contributed by atoms with E-state index in [9.17, 15) is 9.90 Å². The molecule has 0 aromatic carbocycles. The van der Waals surface area contributed by atoms with E-state index in [1.54, 1.807) is 13.8 Å². The van der Waals surface area contributed by atoms with Gasteiger partial charge in [0.15, 0.2) is 5.78 Å². The molecule has 4 nitrogen and oxygen atoms in total. The van der Waals surface area contributed by atoms with Crippen molar-refractivity contribution in [2.45, 2.75) is 65.0 Å². The summed E-state index contributed by atoms with van der Waals surface area (Å²) in [6.07, 6.45) is 4.60. The van der Waals surface area contributed by atoms with Crippen molar-refractivity contribution in [3.05, 3.63) is 18.0 Å². The van der Waals surface area contributed by atoms with Crippen LogP contribution in [0.2, 0.25) is 0 Å². The highest BCUT2D eigenvalue weighted by molar-refractivity contribution is 5.88. The molecule has 1 aromatic rings. The first-order valence-electron chi connectivity index (χ1n) is 6.74. The molecule has 1 heterocycles. The number of hydrogen-bond donors (Lipinski definition) is 1. The van der Waals surface area contributed by atoms with Crippen molar-refractivity contribution >= 4 is 5.78 Å². The quantitative estimate of drug-likeness (QED) is 0.811. The molecule has 18 heavy (non-hydrogen) atoms. The number of carbonyl (C=O) groups is 1. The minimum absolute atomic E-state index is 0.167. The summed E-state index contributed by atoms with van der Waals surface area (Å²) in [7, 11) is 0. The molecule has 0 aliphatic rings. The summed E-state index contributed by atoms with van der Waals surface area (Å²) in [5.74, 6) is -0.167. The Balaban J connectivity index is 2.73. The number of rotatable bonds is 7. The Bertz CT molecular complexity index is 392. The lowest BCUT2D eigenvalue weighted by Crippen LogP contribution is -2.35. The van der Waals surface area contributed by atoms with Gasteiger partial charge in [-0.15, -0.1) is 0 Å². The summed E-state index contributed by atoms with van der Waals surface area (Å²) in [6.45, 7) is 7.62. The summed E-state index contributed by atoms with van der Waals surface area (Å²) in [6, 6.07) is 2.25. The van der Waals surface area contributed by atoms with E-state index in [-0.39, 0.29) is 12.2 Å². The third kappa shape index (κ3) is 3.42. The minimum Gasteiger partial charge on any atom is -0.382 e. The van der Waals surface area contributed by atoms with Gasteiger partial charge in [0.2, 0.25) is 0 Å². The van der Waals surface area contributed by atoms with Crippen molar-refractivity contribution in [3.63, 3.8) is 0 Å². The van der Waals surface area contributed by atoms with Crippen LogP contribution in [0, 0.1) is 0 Å². The molecule has 0 fully saturated rings. The van der Waals surface area contributed by atoms with E-state index in [2.05, 4.69) is 18.9 Å². The van der Waals surface area contributed by atoms with E-state index in [1.807, 2.05) is 16.9 Å². The highest BCUT2D eigenvalue weighted by Crippen LogP contribution is 2.17. The fourth-order valence-electron chi connectivity index (χ4n) is 1.89. The van der Waals surface area contributed by atoms with Crippen molar-refractivity contribution in [1.82, 2.24) is 9.78 Å². The maximum Gasteiger partial charge on any atom is 0.170 e. The molecule has 1 unspecified atom stereocenters. The lowest BCUT2D eigenvalue weighted by atomic mass is 9.95. The largest absolute Gasteiger partial charge is 0.382 e. The summed E-state index contributed by atoms with van der Waals surface area (Å²) in [5.41, 5.74) is -0.501. The molecule has 4 heteroatoms. The molecule has 0 saturated carbocycles. The summed E-state index contributed by atoms with van der Waals surface area (Å²) < 4.78 is 1.92. The van der Waals surface area contributed by atoms with Crippen molar-refractivity contribution < 1.29 is 9.90 Å². The molecule has 102 valence electrons. The zero-order valence-electron chi connectivity index (χ0n) is 11.8. The van der Waals surface area contributed by atoms with Gasteiger partial charge in [-0.1, -0.05) is 20.8 Å². The summed E-state index contributed by atoms with van der Waals surface area (Å²) in [5, 5.41) is 14.3. The molecule has 0 saturated heterocycles. The highest BCUT2D eigenvalue weighted by atomic mass is 16.3. The first-order valence-corrected chi connectivity index (χ1v) is 6.74. The predicted molar refractivity (Wildman–Crippen MR) is 71.5 cm³/mol. The van der Waals surface area contributed by atoms with E-state index < -0.39 is 5.60 Å². The number of carbonyl (C=O) groups excluding carboxylic acids is 1. The Hall–Kier alpha value is -1.16. The van der Waals surface area contributed by atoms with Gasteiger partial charge in [0, 0.05) is 6.20 Å². The smallest absolute Gasteiger partial charge is 0.170 e. The molecule has 0 aliphatic carbocycles. The Kier molecular flexibility index (Phi) is 5.08. The summed E-state index contributed by atoms with van der Waals surface area (Å²) in [4.78, 5) is 11.9. The van der Waals surface area contributed by atoms with Crippen LogP contribution in [0.5, 0.6) is 0 Å². The number of aliphatic hydroxyl groups is 1. The number of aromatic nitrogens is 2. The fourth-order valence-corrected chi connectivity index (χ4v) is 1.89. The lowest BCUT2D eigenvalue weighted by molar-refractivity contribution is -0.135. The second-order valence-corrected chi connectivity index (χ2v) is 4.98. The molecule has 0 radical (unpaired) electrons. The average Bonchev–Trinajstić information content (AvgIpc) is 2.79. The molecule has 0 amide bonds. The Morgan fingerprint density at radius 2 is 2.06 bits per heavy atom. The molecular weight excluding hydrogens is 228 g/mol. The predicted octanol–water partition coefficient (Wildman–Crippen LogP) is 2.52. The minimum atomic E-state index is -1.24. The molecule has 0 aliphatic heterocycles. The molecule has 0 bridgehead atoms. The fraction of sp³-hybridized carbons (Fsp3) is 0.714. The number of nitrogens with zero attached hydrogens (tertiary/aromatic N) is 2. The van der Waals surface area contributed by atoms with Crippen LogP contribution in [-0.4, -0.2) is 26.3 Å². The standard InChI is InChI=1S/C14H24N2O2/c1-5-12(6-2)16-9-8-11(15-16)10-13(17)14(4,18)7-3/h8-9,12,18H,5-7,10H2,1-4H3. The van der Waals surface area contributed by atoms with Gasteiger partial charge in [-0.05, 0) is 32.3 Å². The first-order chi connectivity index (χ1) is 8.44. The maximum absolute atomic E-state index is 11.9. The van der Waals surface area contributed by atoms with Gasteiger partial charge < -0.3 is 5.11 Å². The normalized spacial score (nSPS) is 14.8. The van der Waals surface area contributed by atoms with E-state index in [4.69, 9.17) is 0 Å². The zero-order valence-corrected chi connectivity index (χ0v) is 11.8. The molecule has 1 atom stereocenters. The van der Waals surface area contributed by atoms with Crippen LogP contribution in [0.15, 0.2) is 12.3 Å². The van der Waals surface area contributed by atoms with Gasteiger partial charge in [-0.3, -0.25) is 9.48 Å². The van der Waals surface area contributed by atoms with E-state index >= 15 is 0 Å². The van der Waals surface area contributed by atoms with E-state index in [0.29, 0.717) is 12.5 Å². The zero-order chi connectivity index (χ0) is 13.8. The Morgan fingerprint density at radius 3 is 2.56 bits per heavy atom. The van der Waals surface area contributed by atoms with Crippen LogP contribution in [-0.2, 0) is 11.2 Å². The SMILES string of the molecule is CCC(CC)n1ccc(CC(=O)C(C)(O)CC)n1. The third-order valence-corrected chi connectivity index (χ3v) is 3.61. The van der Waals surface area contributed by atoms with Gasteiger partial charge in [0.05, 0.1) is 18.2 Å². The molecule has 1 rings (SSSR count). The van der Waals surface area contributed by atoms with Gasteiger partial charge in [-0.2, -0.15) is 5.10 Å². The average molecular weight is 252 g/mol. The molecule has 1 N–H and O–H groups in total. The van der Waals surface area contributed by atoms with Crippen LogP contribution in [0.25, 0.3) is 0 Å². The van der Waals surface area contributed by atoms with Crippen LogP contribution in [0.1, 0.15) is 58.7 Å². The Labute approximate surface area is 109 Å². The van der Waals surface area contributed by atoms with Crippen molar-refractivity contribution in [1.29, 1.82) is 0 Å². The van der Waals surface area contributed by atoms with Crippen LogP contribution in [0.3, 0.4) is 0 Å². The monoisotopic (exact) mass is 252 g/mol. The lowest BCUT2D eigenvalue weighted by Gasteiger charge is -2.18. The van der Waals surface area contributed by atoms with E-state index in [1.165, 1.54) is 0 Å². The van der Waals surface area contributed by atoms with Gasteiger partial charge in [-0.25, -0.2) is 0 Å². The van der Waals surface area contributed by atoms with Crippen molar-refractivity contribution in [2.75, 3.05) is 0 Å². The third-order valence-electron chi connectivity index (χ3n) is 3.61. The van der Waals surface area contributed by atoms with Crippen molar-refractivity contribution in [3.8, 4) is 0 Å². The Morgan fingerprint density at radius 1 is 1.44 bits per heavy atom. The molecule has 1 aromatic heterocycles. The highest BCUT2D eigenvalue weighted by Gasteiger charge is 2.28. The number of ketones is 1. The molecular formula is C14H24N2O2. The van der Waals surface area contributed by atoms with Gasteiger partial charge >= 0.3 is 0 Å². The van der Waals surface area contributed by atoms with Gasteiger partial charge in [0.1, 0.15) is 5.60 Å². The second-order valence-electron chi connectivity index (χ2n) is 4.98. The van der Waals surface area contributed by atoms with Crippen molar-refractivity contribution in [2.24, 2.45) is 0 Å². The summed E-state index contributed by atoms with van der Waals surface area (Å²) >= 11 is 0. The van der Waals surface area contributed by atoms with Crippen LogP contribution < -0.4 is 0 Å². The van der Waals surface area contributed by atoms with Gasteiger partial charge in [0.25, 0.3) is 0 Å². The maximum atomic E-state index is 11.9. The van der Waals surface area contributed by atoms with Crippen LogP contribution >= 0.6 is 0 Å². The van der Waals surface area contributed by atoms with Crippen LogP contribution in [0.4, 0.5) is 0 Å². The molecule has 0 spiro atoms. The van der Waals surface area contributed by atoms with E-state index in [0.717, 1.165) is 18.5 Å². The second kappa shape index (κ2) is 6.14. The number of Topliss-reactive ketones (excluding diaryl/α,β-unsaturated/α-hetero) is 1. The first kappa shape index (κ1) is 14.9.